The van der Waals surface area contributed by atoms with Crippen LogP contribution in [0.5, 0.6) is 0 Å². The lowest BCUT2D eigenvalue weighted by Gasteiger charge is -2.19. The maximum Gasteiger partial charge on any atom is 0.264 e. The molecule has 3 aromatic rings. The molecule has 2 heterocycles. The third-order valence-electron chi connectivity index (χ3n) is 3.48. The summed E-state index contributed by atoms with van der Waals surface area (Å²) in [5.41, 5.74) is 1.75. The van der Waals surface area contributed by atoms with Gasteiger partial charge >= 0.3 is 0 Å². The maximum atomic E-state index is 12.6. The molecule has 0 radical (unpaired) electrons. The molecule has 0 aliphatic rings. The van der Waals surface area contributed by atoms with Gasteiger partial charge in [0.15, 0.2) is 5.76 Å². The van der Waals surface area contributed by atoms with Gasteiger partial charge in [-0.25, -0.2) is 0 Å². The average Bonchev–Trinajstić information content (AvgIpc) is 3.26. The maximum absolute atomic E-state index is 12.6. The van der Waals surface area contributed by atoms with E-state index in [1.165, 1.54) is 11.3 Å². The molecule has 0 aliphatic heterocycles. The van der Waals surface area contributed by atoms with Crippen molar-refractivity contribution in [1.29, 1.82) is 0 Å². The van der Waals surface area contributed by atoms with Gasteiger partial charge in [0.05, 0.1) is 11.4 Å². The number of thiophene rings is 1. The van der Waals surface area contributed by atoms with Crippen molar-refractivity contribution in [2.24, 2.45) is 0 Å². The Balaban J connectivity index is 1.76. The van der Waals surface area contributed by atoms with E-state index in [9.17, 15) is 4.79 Å². The molecule has 4 nitrogen and oxygen atoms in total. The molecule has 0 atom stereocenters. The molecule has 0 spiro atoms. The highest BCUT2D eigenvalue weighted by Gasteiger charge is 2.18. The Labute approximate surface area is 139 Å². The summed E-state index contributed by atoms with van der Waals surface area (Å²) >= 11 is 1.46. The van der Waals surface area contributed by atoms with E-state index in [1.54, 1.807) is 0 Å². The van der Waals surface area contributed by atoms with Gasteiger partial charge in [0.2, 0.25) is 0 Å². The molecule has 0 fully saturated rings. The molecular weight excluding hydrogens is 308 g/mol. The number of hydrogen-bond donors (Lipinski definition) is 0. The molecule has 1 amide bonds. The largest absolute Gasteiger partial charge is 0.356 e. The van der Waals surface area contributed by atoms with Crippen molar-refractivity contribution in [2.45, 2.75) is 19.9 Å². The SMILES string of the molecule is CCCN(Cc1cc(-c2ccccc2)on1)C(=O)c1cccs1. The number of rotatable bonds is 6. The van der Waals surface area contributed by atoms with Crippen LogP contribution in [-0.2, 0) is 6.54 Å². The van der Waals surface area contributed by atoms with Crippen molar-refractivity contribution >= 4 is 17.2 Å². The predicted octanol–water partition coefficient (Wildman–Crippen LogP) is 4.46. The van der Waals surface area contributed by atoms with Crippen LogP contribution in [-0.4, -0.2) is 22.5 Å². The van der Waals surface area contributed by atoms with E-state index in [1.807, 2.05) is 58.8 Å². The lowest BCUT2D eigenvalue weighted by Crippen LogP contribution is -2.30. The molecule has 0 bridgehead atoms. The van der Waals surface area contributed by atoms with E-state index in [0.717, 1.165) is 28.3 Å². The normalized spacial score (nSPS) is 10.7. The van der Waals surface area contributed by atoms with E-state index >= 15 is 0 Å². The quantitative estimate of drug-likeness (QED) is 0.672. The number of amides is 1. The first kappa shape index (κ1) is 15.5. The van der Waals surface area contributed by atoms with Gasteiger partial charge in [0.1, 0.15) is 5.69 Å². The van der Waals surface area contributed by atoms with E-state index in [4.69, 9.17) is 4.52 Å². The average molecular weight is 326 g/mol. The van der Waals surface area contributed by atoms with Gasteiger partial charge in [-0.3, -0.25) is 4.79 Å². The minimum Gasteiger partial charge on any atom is -0.356 e. The zero-order chi connectivity index (χ0) is 16.1. The standard InChI is InChI=1S/C18H18N2O2S/c1-2-10-20(18(21)17-9-6-11-23-17)13-15-12-16(22-19-15)14-7-4-3-5-8-14/h3-9,11-12H,2,10,13H2,1H3. The highest BCUT2D eigenvalue weighted by molar-refractivity contribution is 7.12. The monoisotopic (exact) mass is 326 g/mol. The highest BCUT2D eigenvalue weighted by atomic mass is 32.1. The fourth-order valence-electron chi connectivity index (χ4n) is 2.40. The zero-order valence-corrected chi connectivity index (χ0v) is 13.8. The smallest absolute Gasteiger partial charge is 0.264 e. The van der Waals surface area contributed by atoms with Gasteiger partial charge in [-0.05, 0) is 17.9 Å². The molecule has 3 rings (SSSR count). The first-order valence-electron chi connectivity index (χ1n) is 7.61. The molecular formula is C18H18N2O2S. The van der Waals surface area contributed by atoms with Crippen LogP contribution in [0.4, 0.5) is 0 Å². The topological polar surface area (TPSA) is 46.3 Å². The van der Waals surface area contributed by atoms with Crippen LogP contribution in [0.1, 0.15) is 28.7 Å². The first-order valence-corrected chi connectivity index (χ1v) is 8.49. The molecule has 2 aromatic heterocycles. The van der Waals surface area contributed by atoms with Gasteiger partial charge < -0.3 is 9.42 Å². The van der Waals surface area contributed by atoms with Crippen LogP contribution in [0.2, 0.25) is 0 Å². The van der Waals surface area contributed by atoms with Gasteiger partial charge in [0, 0.05) is 18.2 Å². The lowest BCUT2D eigenvalue weighted by molar-refractivity contribution is 0.0744. The molecule has 0 saturated heterocycles. The summed E-state index contributed by atoms with van der Waals surface area (Å²) in [5, 5.41) is 6.03. The number of benzene rings is 1. The summed E-state index contributed by atoms with van der Waals surface area (Å²) in [6, 6.07) is 15.5. The number of aromatic nitrogens is 1. The molecule has 0 N–H and O–H groups in total. The minimum atomic E-state index is 0.0473. The van der Waals surface area contributed by atoms with Crippen LogP contribution < -0.4 is 0 Å². The summed E-state index contributed by atoms with van der Waals surface area (Å²) in [5.74, 6) is 0.770. The molecule has 118 valence electrons. The fourth-order valence-corrected chi connectivity index (χ4v) is 3.09. The molecule has 23 heavy (non-hydrogen) atoms. The van der Waals surface area contributed by atoms with Gasteiger partial charge in [0.25, 0.3) is 5.91 Å². The second kappa shape index (κ2) is 7.24. The third kappa shape index (κ3) is 3.68. The van der Waals surface area contributed by atoms with Crippen LogP contribution in [0.25, 0.3) is 11.3 Å². The second-order valence-corrected chi connectivity index (χ2v) is 6.20. The van der Waals surface area contributed by atoms with Gasteiger partial charge in [-0.2, -0.15) is 0 Å². The number of carbonyl (C=O) groups is 1. The van der Waals surface area contributed by atoms with Crippen molar-refractivity contribution < 1.29 is 9.32 Å². The molecule has 0 aliphatic carbocycles. The summed E-state index contributed by atoms with van der Waals surface area (Å²) in [4.78, 5) is 15.1. The van der Waals surface area contributed by atoms with Crippen LogP contribution in [0, 0.1) is 0 Å². The summed E-state index contributed by atoms with van der Waals surface area (Å²) in [6.45, 7) is 3.22. The van der Waals surface area contributed by atoms with Crippen LogP contribution in [0.15, 0.2) is 58.4 Å². The minimum absolute atomic E-state index is 0.0473. The fraction of sp³-hybridized carbons (Fsp3) is 0.222. The van der Waals surface area contributed by atoms with Crippen molar-refractivity contribution in [3.63, 3.8) is 0 Å². The summed E-state index contributed by atoms with van der Waals surface area (Å²) in [7, 11) is 0. The Kier molecular flexibility index (Phi) is 4.88. The molecule has 0 saturated carbocycles. The molecule has 5 heteroatoms. The Hall–Kier alpha value is -2.40. The Morgan fingerprint density at radius 2 is 2.04 bits per heavy atom. The van der Waals surface area contributed by atoms with Crippen molar-refractivity contribution in [3.8, 4) is 11.3 Å². The predicted molar refractivity (Wildman–Crippen MR) is 91.3 cm³/mol. The molecule has 1 aromatic carbocycles. The zero-order valence-electron chi connectivity index (χ0n) is 12.9. The summed E-state index contributed by atoms with van der Waals surface area (Å²) < 4.78 is 5.41. The van der Waals surface area contributed by atoms with E-state index in [2.05, 4.69) is 12.1 Å². The first-order chi connectivity index (χ1) is 11.3. The Morgan fingerprint density at radius 1 is 1.22 bits per heavy atom. The number of carbonyl (C=O) groups excluding carboxylic acids is 1. The second-order valence-electron chi connectivity index (χ2n) is 5.25. The van der Waals surface area contributed by atoms with Crippen molar-refractivity contribution in [1.82, 2.24) is 10.1 Å². The van der Waals surface area contributed by atoms with Crippen LogP contribution >= 0.6 is 11.3 Å². The van der Waals surface area contributed by atoms with Crippen molar-refractivity contribution in [2.75, 3.05) is 6.54 Å². The third-order valence-corrected chi connectivity index (χ3v) is 4.34. The van der Waals surface area contributed by atoms with E-state index in [-0.39, 0.29) is 5.91 Å². The Morgan fingerprint density at radius 3 is 2.74 bits per heavy atom. The lowest BCUT2D eigenvalue weighted by atomic mass is 10.1. The summed E-state index contributed by atoms with van der Waals surface area (Å²) in [6.07, 6.45) is 0.903. The number of nitrogens with zero attached hydrogens (tertiary/aromatic N) is 2. The van der Waals surface area contributed by atoms with Gasteiger partial charge in [-0.1, -0.05) is 48.5 Å². The van der Waals surface area contributed by atoms with E-state index in [0.29, 0.717) is 13.1 Å². The van der Waals surface area contributed by atoms with Gasteiger partial charge in [-0.15, -0.1) is 11.3 Å². The number of hydrogen-bond acceptors (Lipinski definition) is 4. The van der Waals surface area contributed by atoms with Crippen molar-refractivity contribution in [3.05, 3.63) is 64.5 Å². The molecule has 0 unspecified atom stereocenters. The Bertz CT molecular complexity index is 750. The van der Waals surface area contributed by atoms with Crippen LogP contribution in [0.3, 0.4) is 0 Å². The highest BCUT2D eigenvalue weighted by Crippen LogP contribution is 2.21. The van der Waals surface area contributed by atoms with E-state index < -0.39 is 0 Å².